The second kappa shape index (κ2) is 9.58. The summed E-state index contributed by atoms with van der Waals surface area (Å²) in [6.45, 7) is 3.77. The Bertz CT molecular complexity index is 919. The highest BCUT2D eigenvalue weighted by Crippen LogP contribution is 2.38. The van der Waals surface area contributed by atoms with Gasteiger partial charge < -0.3 is 24.0 Å². The Labute approximate surface area is 186 Å². The molecule has 0 unspecified atom stereocenters. The summed E-state index contributed by atoms with van der Waals surface area (Å²) in [5.74, 6) is -0.0365. The lowest BCUT2D eigenvalue weighted by Crippen LogP contribution is -2.41. The molecule has 7 nitrogen and oxygen atoms in total. The number of benzene rings is 2. The summed E-state index contributed by atoms with van der Waals surface area (Å²) in [4.78, 5) is 27.9. The van der Waals surface area contributed by atoms with E-state index in [-0.39, 0.29) is 31.3 Å². The van der Waals surface area contributed by atoms with E-state index in [1.165, 1.54) is 0 Å². The van der Waals surface area contributed by atoms with Gasteiger partial charge >= 0.3 is 6.16 Å². The normalized spacial score (nSPS) is 21.3. The zero-order valence-electron chi connectivity index (χ0n) is 17.3. The van der Waals surface area contributed by atoms with E-state index in [1.54, 1.807) is 11.8 Å². The van der Waals surface area contributed by atoms with Crippen LogP contribution < -0.4 is 9.80 Å². The van der Waals surface area contributed by atoms with Crippen molar-refractivity contribution in [3.8, 4) is 0 Å². The largest absolute Gasteiger partial charge is 0.508 e. The fraction of sp³-hybridized carbons (Fsp3) is 0.391. The van der Waals surface area contributed by atoms with Gasteiger partial charge in [0.25, 0.3) is 5.91 Å². The van der Waals surface area contributed by atoms with E-state index in [0.717, 1.165) is 16.9 Å². The van der Waals surface area contributed by atoms with Crippen molar-refractivity contribution in [3.63, 3.8) is 0 Å². The van der Waals surface area contributed by atoms with Crippen LogP contribution in [-0.4, -0.2) is 51.1 Å². The number of carbonyl (C=O) groups is 2. The summed E-state index contributed by atoms with van der Waals surface area (Å²) in [7, 11) is 0. The molecule has 8 heteroatoms. The average molecular weight is 445 g/mol. The van der Waals surface area contributed by atoms with Gasteiger partial charge in [-0.1, -0.05) is 23.7 Å². The topological polar surface area (TPSA) is 68.3 Å². The monoisotopic (exact) mass is 444 g/mol. The highest BCUT2D eigenvalue weighted by molar-refractivity contribution is 6.30. The number of morpholine rings is 1. The molecule has 2 saturated heterocycles. The minimum Gasteiger partial charge on any atom is -0.435 e. The summed E-state index contributed by atoms with van der Waals surface area (Å²) in [6, 6.07) is 15.6. The minimum atomic E-state index is -0.648. The lowest BCUT2D eigenvalue weighted by molar-refractivity contribution is -0.125. The Morgan fingerprint density at radius 2 is 1.84 bits per heavy atom. The van der Waals surface area contributed by atoms with Crippen molar-refractivity contribution >= 4 is 35.0 Å². The van der Waals surface area contributed by atoms with Crippen molar-refractivity contribution in [1.82, 2.24) is 0 Å². The van der Waals surface area contributed by atoms with Gasteiger partial charge in [0.2, 0.25) is 0 Å². The zero-order chi connectivity index (χ0) is 21.8. The molecule has 2 aliphatic rings. The van der Waals surface area contributed by atoms with Crippen LogP contribution in [0.5, 0.6) is 0 Å². The fourth-order valence-corrected chi connectivity index (χ4v) is 4.20. The lowest BCUT2D eigenvalue weighted by Gasteiger charge is -2.29. The lowest BCUT2D eigenvalue weighted by atomic mass is 10.0. The summed E-state index contributed by atoms with van der Waals surface area (Å²) >= 11 is 6.06. The molecule has 2 aliphatic heterocycles. The van der Waals surface area contributed by atoms with E-state index in [9.17, 15) is 9.59 Å². The van der Waals surface area contributed by atoms with Crippen molar-refractivity contribution in [2.75, 3.05) is 42.7 Å². The third-order valence-electron chi connectivity index (χ3n) is 5.52. The number of ether oxygens (including phenoxy) is 3. The highest BCUT2D eigenvalue weighted by atomic mass is 35.5. The van der Waals surface area contributed by atoms with Gasteiger partial charge in [0.05, 0.1) is 25.8 Å². The maximum Gasteiger partial charge on any atom is 0.508 e. The van der Waals surface area contributed by atoms with Crippen LogP contribution in [0.4, 0.5) is 16.2 Å². The molecule has 0 aromatic heterocycles. The van der Waals surface area contributed by atoms with E-state index in [1.807, 2.05) is 48.5 Å². The van der Waals surface area contributed by atoms with E-state index in [0.29, 0.717) is 31.1 Å². The van der Waals surface area contributed by atoms with Gasteiger partial charge in [0.15, 0.2) is 0 Å². The smallest absolute Gasteiger partial charge is 0.435 e. The third kappa shape index (κ3) is 4.94. The van der Waals surface area contributed by atoms with Crippen LogP contribution in [0.25, 0.3) is 0 Å². The Kier molecular flexibility index (Phi) is 6.63. The van der Waals surface area contributed by atoms with Gasteiger partial charge in [-0.05, 0) is 48.9 Å². The van der Waals surface area contributed by atoms with Crippen LogP contribution in [-0.2, 0) is 19.0 Å². The molecule has 1 amide bonds. The van der Waals surface area contributed by atoms with Gasteiger partial charge in [-0.25, -0.2) is 4.79 Å². The minimum absolute atomic E-state index is 0.00930. The molecule has 0 radical (unpaired) electrons. The molecule has 164 valence electrons. The Morgan fingerprint density at radius 1 is 1.13 bits per heavy atom. The second-order valence-electron chi connectivity index (χ2n) is 7.49. The Balaban J connectivity index is 1.56. The Morgan fingerprint density at radius 3 is 2.52 bits per heavy atom. The molecule has 2 atom stereocenters. The predicted molar refractivity (Wildman–Crippen MR) is 118 cm³/mol. The molecular weight excluding hydrogens is 420 g/mol. The highest BCUT2D eigenvalue weighted by Gasteiger charge is 2.36. The molecule has 0 spiro atoms. The fourth-order valence-electron chi connectivity index (χ4n) is 4.07. The summed E-state index contributed by atoms with van der Waals surface area (Å²) in [5, 5.41) is 0.665. The van der Waals surface area contributed by atoms with E-state index in [2.05, 4.69) is 4.90 Å². The first kappa shape index (κ1) is 21.5. The zero-order valence-corrected chi connectivity index (χ0v) is 18.1. The van der Waals surface area contributed by atoms with Crippen LogP contribution in [0.3, 0.4) is 0 Å². The van der Waals surface area contributed by atoms with Crippen LogP contribution in [0.15, 0.2) is 48.5 Å². The number of amides is 1. The molecule has 0 aliphatic carbocycles. The SMILES string of the molecule is CCOC(=O)O[C@@H]1C[C@H](c2ccc(N3CCOCC3=O)cc2)N(c2ccc(Cl)cc2)C1. The van der Waals surface area contributed by atoms with Gasteiger partial charge in [0.1, 0.15) is 12.7 Å². The van der Waals surface area contributed by atoms with Crippen molar-refractivity contribution in [2.45, 2.75) is 25.5 Å². The van der Waals surface area contributed by atoms with Crippen LogP contribution in [0.2, 0.25) is 5.02 Å². The first-order valence-corrected chi connectivity index (χ1v) is 10.8. The standard InChI is InChI=1S/C23H25ClN2O5/c1-2-30-23(28)31-20-13-21(26(14-20)19-9-5-17(24)6-10-19)16-3-7-18(8-4-16)25-11-12-29-15-22(25)27/h3-10,20-21H,2,11-15H2,1H3/t20-,21-/m1/s1. The first-order valence-electron chi connectivity index (χ1n) is 10.4. The van der Waals surface area contributed by atoms with Crippen LogP contribution in [0, 0.1) is 0 Å². The number of nitrogens with zero attached hydrogens (tertiary/aromatic N) is 2. The quantitative estimate of drug-likeness (QED) is 0.644. The summed E-state index contributed by atoms with van der Waals surface area (Å²) < 4.78 is 15.7. The molecule has 2 heterocycles. The van der Waals surface area contributed by atoms with E-state index in [4.69, 9.17) is 25.8 Å². The molecule has 0 bridgehead atoms. The maximum atomic E-state index is 12.1. The van der Waals surface area contributed by atoms with Gasteiger partial charge in [0, 0.05) is 29.4 Å². The molecule has 0 N–H and O–H groups in total. The van der Waals surface area contributed by atoms with Crippen molar-refractivity contribution in [1.29, 1.82) is 0 Å². The molecular formula is C23H25ClN2O5. The predicted octanol–water partition coefficient (Wildman–Crippen LogP) is 4.20. The Hall–Kier alpha value is -2.77. The average Bonchev–Trinajstić information content (AvgIpc) is 3.18. The number of carbonyl (C=O) groups excluding carboxylic acids is 2. The van der Waals surface area contributed by atoms with Crippen molar-refractivity contribution < 1.29 is 23.8 Å². The molecule has 4 rings (SSSR count). The summed E-state index contributed by atoms with van der Waals surface area (Å²) in [5.41, 5.74) is 2.93. The van der Waals surface area contributed by atoms with E-state index >= 15 is 0 Å². The summed E-state index contributed by atoms with van der Waals surface area (Å²) in [6.07, 6.45) is -0.303. The van der Waals surface area contributed by atoms with E-state index < -0.39 is 6.16 Å². The molecule has 31 heavy (non-hydrogen) atoms. The molecule has 2 aromatic carbocycles. The molecule has 0 saturated carbocycles. The number of hydrogen-bond acceptors (Lipinski definition) is 6. The number of hydrogen-bond donors (Lipinski definition) is 0. The number of rotatable bonds is 5. The van der Waals surface area contributed by atoms with Crippen LogP contribution in [0.1, 0.15) is 24.9 Å². The number of anilines is 2. The second-order valence-corrected chi connectivity index (χ2v) is 7.93. The molecule has 2 fully saturated rings. The molecule has 2 aromatic rings. The van der Waals surface area contributed by atoms with Gasteiger partial charge in [-0.3, -0.25) is 4.79 Å². The van der Waals surface area contributed by atoms with Crippen molar-refractivity contribution in [2.24, 2.45) is 0 Å². The van der Waals surface area contributed by atoms with Gasteiger partial charge in [-0.2, -0.15) is 0 Å². The first-order chi connectivity index (χ1) is 15.0. The van der Waals surface area contributed by atoms with Gasteiger partial charge in [-0.15, -0.1) is 0 Å². The maximum absolute atomic E-state index is 12.1. The van der Waals surface area contributed by atoms with Crippen molar-refractivity contribution in [3.05, 3.63) is 59.1 Å². The third-order valence-corrected chi connectivity index (χ3v) is 5.77. The number of halogens is 1. The van der Waals surface area contributed by atoms with Crippen LogP contribution >= 0.6 is 11.6 Å².